The Hall–Kier alpha value is -2.19. The topological polar surface area (TPSA) is 111 Å². The van der Waals surface area contributed by atoms with Crippen LogP contribution in [-0.2, 0) is 4.74 Å². The Morgan fingerprint density at radius 3 is 2.68 bits per heavy atom. The molecule has 1 aliphatic rings. The summed E-state index contributed by atoms with van der Waals surface area (Å²) in [6.45, 7) is 2.33. The van der Waals surface area contributed by atoms with E-state index in [2.05, 4.69) is 5.43 Å². The molecule has 1 aliphatic heterocycles. The van der Waals surface area contributed by atoms with Gasteiger partial charge in [-0.3, -0.25) is 20.3 Å². The van der Waals surface area contributed by atoms with E-state index in [0.717, 1.165) is 0 Å². The van der Waals surface area contributed by atoms with E-state index in [0.29, 0.717) is 26.3 Å². The molecule has 1 fully saturated rings. The van der Waals surface area contributed by atoms with Crippen LogP contribution in [0.3, 0.4) is 0 Å². The predicted molar refractivity (Wildman–Crippen MR) is 67.4 cm³/mol. The summed E-state index contributed by atoms with van der Waals surface area (Å²) in [5, 5.41) is 12.4. The second kappa shape index (κ2) is 5.63. The fourth-order valence-corrected chi connectivity index (χ4v) is 1.75. The lowest BCUT2D eigenvalue weighted by molar-refractivity contribution is -0.383. The molecule has 0 atom stereocenters. The van der Waals surface area contributed by atoms with Crippen molar-refractivity contribution in [2.24, 2.45) is 0 Å². The van der Waals surface area contributed by atoms with Gasteiger partial charge in [0.05, 0.1) is 18.1 Å². The Morgan fingerprint density at radius 1 is 1.42 bits per heavy atom. The number of anilines is 1. The Bertz CT molecular complexity index is 499. The molecule has 0 unspecified atom stereocenters. The van der Waals surface area contributed by atoms with Crippen molar-refractivity contribution in [1.29, 1.82) is 0 Å². The molecular weight excluding hydrogens is 252 g/mol. The Balaban J connectivity index is 2.06. The number of morpholine rings is 1. The maximum absolute atomic E-state index is 11.9. The highest BCUT2D eigenvalue weighted by Crippen LogP contribution is 2.21. The molecule has 2 rings (SSSR count). The van der Waals surface area contributed by atoms with Crippen molar-refractivity contribution in [1.82, 2.24) is 10.4 Å². The van der Waals surface area contributed by atoms with Crippen molar-refractivity contribution in [3.8, 4) is 0 Å². The third-order valence-corrected chi connectivity index (χ3v) is 2.76. The van der Waals surface area contributed by atoms with Crippen LogP contribution in [-0.4, -0.2) is 42.1 Å². The van der Waals surface area contributed by atoms with Crippen molar-refractivity contribution in [3.63, 3.8) is 0 Å². The maximum Gasteiger partial charge on any atom is 0.292 e. The van der Waals surface area contributed by atoms with E-state index in [4.69, 9.17) is 10.5 Å². The van der Waals surface area contributed by atoms with Gasteiger partial charge in [0.2, 0.25) is 0 Å². The Labute approximate surface area is 109 Å². The maximum atomic E-state index is 11.9. The van der Waals surface area contributed by atoms with Gasteiger partial charge in [-0.2, -0.15) is 0 Å². The number of nitro benzene ring substituents is 1. The van der Waals surface area contributed by atoms with Gasteiger partial charge in [0.15, 0.2) is 0 Å². The second-order valence-electron chi connectivity index (χ2n) is 4.07. The standard InChI is InChI=1S/C11H14N4O4/c12-9-7-8(1-2-10(9)15(17)18)11(16)13-14-3-5-19-6-4-14/h1-2,7H,3-6,12H2,(H,13,16). The highest BCUT2D eigenvalue weighted by Gasteiger charge is 2.17. The summed E-state index contributed by atoms with van der Waals surface area (Å²) >= 11 is 0. The van der Waals surface area contributed by atoms with Crippen molar-refractivity contribution in [2.45, 2.75) is 0 Å². The molecule has 3 N–H and O–H groups in total. The lowest BCUT2D eigenvalue weighted by Crippen LogP contribution is -2.48. The van der Waals surface area contributed by atoms with Crippen LogP contribution in [0.15, 0.2) is 18.2 Å². The van der Waals surface area contributed by atoms with Crippen LogP contribution in [0, 0.1) is 10.1 Å². The van der Waals surface area contributed by atoms with E-state index in [1.54, 1.807) is 5.01 Å². The number of amides is 1. The molecule has 8 nitrogen and oxygen atoms in total. The number of ether oxygens (including phenoxy) is 1. The Morgan fingerprint density at radius 2 is 2.11 bits per heavy atom. The van der Waals surface area contributed by atoms with Crippen molar-refractivity contribution in [3.05, 3.63) is 33.9 Å². The number of rotatable bonds is 3. The minimum Gasteiger partial charge on any atom is -0.393 e. The third kappa shape index (κ3) is 3.18. The normalized spacial score (nSPS) is 16.0. The fourth-order valence-electron chi connectivity index (χ4n) is 1.75. The summed E-state index contributed by atoms with van der Waals surface area (Å²) in [5.41, 5.74) is 8.29. The van der Waals surface area contributed by atoms with Gasteiger partial charge in [-0.05, 0) is 12.1 Å². The van der Waals surface area contributed by atoms with Crippen LogP contribution in [0.1, 0.15) is 10.4 Å². The number of hydrogen-bond donors (Lipinski definition) is 2. The SMILES string of the molecule is Nc1cc(C(=O)NN2CCOCC2)ccc1[N+](=O)[O-]. The molecule has 8 heteroatoms. The molecule has 0 aromatic heterocycles. The molecule has 1 aromatic carbocycles. The third-order valence-electron chi connectivity index (χ3n) is 2.76. The first-order chi connectivity index (χ1) is 9.08. The monoisotopic (exact) mass is 266 g/mol. The highest BCUT2D eigenvalue weighted by atomic mass is 16.6. The van der Waals surface area contributed by atoms with Gasteiger partial charge in [-0.25, -0.2) is 5.01 Å². The molecule has 0 spiro atoms. The largest absolute Gasteiger partial charge is 0.393 e. The zero-order valence-corrected chi connectivity index (χ0v) is 10.2. The number of nitrogens with one attached hydrogen (secondary N) is 1. The van der Waals surface area contributed by atoms with E-state index >= 15 is 0 Å². The Kier molecular flexibility index (Phi) is 3.93. The molecule has 0 bridgehead atoms. The molecule has 1 amide bonds. The van der Waals surface area contributed by atoms with Crippen LogP contribution < -0.4 is 11.2 Å². The van der Waals surface area contributed by atoms with Gasteiger partial charge >= 0.3 is 0 Å². The van der Waals surface area contributed by atoms with Gasteiger partial charge in [0, 0.05) is 24.7 Å². The van der Waals surface area contributed by atoms with E-state index in [1.165, 1.54) is 18.2 Å². The summed E-state index contributed by atoms with van der Waals surface area (Å²) in [4.78, 5) is 22.0. The van der Waals surface area contributed by atoms with Crippen LogP contribution in [0.25, 0.3) is 0 Å². The molecule has 0 saturated carbocycles. The van der Waals surface area contributed by atoms with Crippen LogP contribution in [0.5, 0.6) is 0 Å². The molecule has 1 aromatic rings. The quantitative estimate of drug-likeness (QED) is 0.458. The second-order valence-corrected chi connectivity index (χ2v) is 4.07. The number of carbonyl (C=O) groups excluding carboxylic acids is 1. The number of nitrogens with two attached hydrogens (primary N) is 1. The van der Waals surface area contributed by atoms with E-state index in [-0.39, 0.29) is 22.8 Å². The lowest BCUT2D eigenvalue weighted by atomic mass is 10.1. The molecule has 1 heterocycles. The minimum absolute atomic E-state index is 0.0281. The molecule has 1 saturated heterocycles. The number of nitrogen functional groups attached to an aromatic ring is 1. The molecule has 19 heavy (non-hydrogen) atoms. The van der Waals surface area contributed by atoms with Crippen LogP contribution in [0.4, 0.5) is 11.4 Å². The van der Waals surface area contributed by atoms with Gasteiger partial charge in [-0.1, -0.05) is 0 Å². The van der Waals surface area contributed by atoms with Crippen molar-refractivity contribution < 1.29 is 14.5 Å². The summed E-state index contributed by atoms with van der Waals surface area (Å²) in [6.07, 6.45) is 0. The molecule has 0 aliphatic carbocycles. The van der Waals surface area contributed by atoms with Gasteiger partial charge in [0.1, 0.15) is 5.69 Å². The van der Waals surface area contributed by atoms with Gasteiger partial charge in [0.25, 0.3) is 11.6 Å². The number of nitro groups is 1. The highest BCUT2D eigenvalue weighted by molar-refractivity contribution is 5.95. The summed E-state index contributed by atoms with van der Waals surface area (Å²) in [5.74, 6) is -0.344. The number of hydrogen-bond acceptors (Lipinski definition) is 6. The molecule has 0 radical (unpaired) electrons. The average molecular weight is 266 g/mol. The zero-order valence-electron chi connectivity index (χ0n) is 10.2. The number of nitrogens with zero attached hydrogens (tertiary/aromatic N) is 2. The summed E-state index contributed by atoms with van der Waals surface area (Å²) in [6, 6.07) is 3.90. The first-order valence-electron chi connectivity index (χ1n) is 5.75. The minimum atomic E-state index is -0.584. The predicted octanol–water partition coefficient (Wildman–Crippen LogP) is 0.154. The van der Waals surface area contributed by atoms with Crippen LogP contribution in [0.2, 0.25) is 0 Å². The van der Waals surface area contributed by atoms with Crippen LogP contribution >= 0.6 is 0 Å². The van der Waals surface area contributed by atoms with Crippen molar-refractivity contribution >= 4 is 17.3 Å². The van der Waals surface area contributed by atoms with E-state index < -0.39 is 4.92 Å². The number of carbonyl (C=O) groups is 1. The first-order valence-corrected chi connectivity index (χ1v) is 5.75. The van der Waals surface area contributed by atoms with Crippen molar-refractivity contribution in [2.75, 3.05) is 32.0 Å². The van der Waals surface area contributed by atoms with Gasteiger partial charge < -0.3 is 10.5 Å². The smallest absolute Gasteiger partial charge is 0.292 e. The molecular formula is C11H14N4O4. The fraction of sp³-hybridized carbons (Fsp3) is 0.364. The zero-order chi connectivity index (χ0) is 13.8. The first kappa shape index (κ1) is 13.2. The van der Waals surface area contributed by atoms with Gasteiger partial charge in [-0.15, -0.1) is 0 Å². The summed E-state index contributed by atoms with van der Waals surface area (Å²) < 4.78 is 5.16. The van der Waals surface area contributed by atoms with E-state index in [9.17, 15) is 14.9 Å². The summed E-state index contributed by atoms with van der Waals surface area (Å²) in [7, 11) is 0. The molecule has 102 valence electrons. The number of benzene rings is 1. The average Bonchev–Trinajstić information content (AvgIpc) is 2.39. The van der Waals surface area contributed by atoms with E-state index in [1.807, 2.05) is 0 Å². The number of hydrazine groups is 1. The lowest BCUT2D eigenvalue weighted by Gasteiger charge is -2.26.